The number of aromatic nitrogens is 1. The van der Waals surface area contributed by atoms with Gasteiger partial charge in [-0.25, -0.2) is 4.79 Å². The molecular weight excluding hydrogens is 314 g/mol. The van der Waals surface area contributed by atoms with Gasteiger partial charge in [0.25, 0.3) is 0 Å². The standard InChI is InChI=1S/C21H25NO3/c1-20(2)15-9-10-21(20,3)17(12-15)25-18(23)13-24-16-8-4-6-14-7-5-11-22-19(14)16/h4-8,11,15,17H,9-10,12-13H2,1-3H3/t15-,17-,21+/m1/s1. The molecule has 2 aliphatic carbocycles. The monoisotopic (exact) mass is 339 g/mol. The lowest BCUT2D eigenvalue weighted by Crippen LogP contribution is -2.39. The molecule has 0 amide bonds. The number of nitrogens with zero attached hydrogens (tertiary/aromatic N) is 1. The number of rotatable bonds is 4. The molecule has 0 saturated heterocycles. The minimum atomic E-state index is -0.289. The zero-order valence-electron chi connectivity index (χ0n) is 15.1. The molecule has 4 nitrogen and oxygen atoms in total. The molecule has 0 radical (unpaired) electrons. The van der Waals surface area contributed by atoms with E-state index in [1.807, 2.05) is 30.3 Å². The van der Waals surface area contributed by atoms with Crippen LogP contribution < -0.4 is 4.74 Å². The number of hydrogen-bond donors (Lipinski definition) is 0. The van der Waals surface area contributed by atoms with Gasteiger partial charge in [-0.15, -0.1) is 0 Å². The van der Waals surface area contributed by atoms with Crippen LogP contribution in [0.1, 0.15) is 40.0 Å². The number of fused-ring (bicyclic) bond motifs is 3. The lowest BCUT2D eigenvalue weighted by molar-refractivity contribution is -0.159. The summed E-state index contributed by atoms with van der Waals surface area (Å²) >= 11 is 0. The number of esters is 1. The summed E-state index contributed by atoms with van der Waals surface area (Å²) in [5, 5.41) is 0.996. The Morgan fingerprint density at radius 2 is 2.04 bits per heavy atom. The molecule has 132 valence electrons. The third kappa shape index (κ3) is 2.50. The molecule has 25 heavy (non-hydrogen) atoms. The van der Waals surface area contributed by atoms with E-state index in [-0.39, 0.29) is 29.5 Å². The summed E-state index contributed by atoms with van der Waals surface area (Å²) in [6.07, 6.45) is 5.09. The Hall–Kier alpha value is -2.10. The van der Waals surface area contributed by atoms with Gasteiger partial charge in [0.05, 0.1) is 0 Å². The van der Waals surface area contributed by atoms with E-state index in [4.69, 9.17) is 9.47 Å². The first-order valence-electron chi connectivity index (χ1n) is 9.08. The van der Waals surface area contributed by atoms with E-state index in [0.29, 0.717) is 11.7 Å². The van der Waals surface area contributed by atoms with Crippen molar-refractivity contribution < 1.29 is 14.3 Å². The molecule has 1 aromatic heterocycles. The molecule has 1 aromatic carbocycles. The Balaban J connectivity index is 1.42. The first-order chi connectivity index (χ1) is 11.9. The van der Waals surface area contributed by atoms with Crippen molar-refractivity contribution in [3.63, 3.8) is 0 Å². The first-order valence-corrected chi connectivity index (χ1v) is 9.08. The van der Waals surface area contributed by atoms with Gasteiger partial charge in [0.2, 0.25) is 0 Å². The molecule has 2 aliphatic rings. The van der Waals surface area contributed by atoms with Crippen molar-refractivity contribution in [1.82, 2.24) is 4.98 Å². The summed E-state index contributed by atoms with van der Waals surface area (Å²) in [5.74, 6) is 0.982. The second-order valence-electron chi connectivity index (χ2n) is 8.21. The molecule has 0 N–H and O–H groups in total. The molecule has 2 saturated carbocycles. The molecule has 4 heteroatoms. The van der Waals surface area contributed by atoms with Gasteiger partial charge in [0, 0.05) is 17.0 Å². The zero-order valence-corrected chi connectivity index (χ0v) is 15.1. The highest BCUT2D eigenvalue weighted by Gasteiger charge is 2.62. The Labute approximate surface area is 148 Å². The predicted octanol–water partition coefficient (Wildman–Crippen LogP) is 4.37. The molecule has 2 fully saturated rings. The summed E-state index contributed by atoms with van der Waals surface area (Å²) in [7, 11) is 0. The highest BCUT2D eigenvalue weighted by atomic mass is 16.6. The van der Waals surface area contributed by atoms with Crippen LogP contribution in [-0.2, 0) is 9.53 Å². The topological polar surface area (TPSA) is 48.4 Å². The summed E-state index contributed by atoms with van der Waals surface area (Å²) in [5.41, 5.74) is 1.08. The van der Waals surface area contributed by atoms with E-state index < -0.39 is 0 Å². The van der Waals surface area contributed by atoms with Crippen LogP contribution in [-0.4, -0.2) is 23.7 Å². The van der Waals surface area contributed by atoms with E-state index in [9.17, 15) is 4.79 Å². The second-order valence-corrected chi connectivity index (χ2v) is 8.21. The van der Waals surface area contributed by atoms with Crippen LogP contribution in [0.5, 0.6) is 5.75 Å². The third-order valence-corrected chi connectivity index (χ3v) is 6.93. The number of hydrogen-bond acceptors (Lipinski definition) is 4. The number of para-hydroxylation sites is 1. The van der Waals surface area contributed by atoms with Gasteiger partial charge in [-0.2, -0.15) is 0 Å². The van der Waals surface area contributed by atoms with Crippen molar-refractivity contribution in [1.29, 1.82) is 0 Å². The molecule has 0 unspecified atom stereocenters. The number of carbonyl (C=O) groups excluding carboxylic acids is 1. The molecule has 4 rings (SSSR count). The maximum atomic E-state index is 12.4. The van der Waals surface area contributed by atoms with Gasteiger partial charge in [-0.05, 0) is 42.7 Å². The maximum absolute atomic E-state index is 12.4. The molecule has 2 bridgehead atoms. The van der Waals surface area contributed by atoms with Crippen LogP contribution >= 0.6 is 0 Å². The second kappa shape index (κ2) is 5.72. The van der Waals surface area contributed by atoms with Crippen LogP contribution in [0.15, 0.2) is 36.5 Å². The summed E-state index contributed by atoms with van der Waals surface area (Å²) in [6.45, 7) is 6.83. The van der Waals surface area contributed by atoms with Gasteiger partial charge >= 0.3 is 5.97 Å². The van der Waals surface area contributed by atoms with Gasteiger partial charge in [0.15, 0.2) is 6.61 Å². The molecule has 2 aromatic rings. The van der Waals surface area contributed by atoms with Gasteiger partial charge < -0.3 is 9.47 Å². The average Bonchev–Trinajstić information content (AvgIpc) is 2.93. The highest BCUT2D eigenvalue weighted by Crippen LogP contribution is 2.66. The number of carbonyl (C=O) groups is 1. The van der Waals surface area contributed by atoms with Crippen molar-refractivity contribution in [2.75, 3.05) is 6.61 Å². The lowest BCUT2D eigenvalue weighted by atomic mass is 9.70. The smallest absolute Gasteiger partial charge is 0.344 e. The third-order valence-electron chi connectivity index (χ3n) is 6.93. The summed E-state index contributed by atoms with van der Waals surface area (Å²) < 4.78 is 11.6. The van der Waals surface area contributed by atoms with Crippen LogP contribution in [0, 0.1) is 16.7 Å². The number of pyridine rings is 1. The predicted molar refractivity (Wildman–Crippen MR) is 96.3 cm³/mol. The van der Waals surface area contributed by atoms with Gasteiger partial charge in [-0.3, -0.25) is 4.98 Å². The SMILES string of the molecule is CC1(C)[C@@H]2CC[C@@]1(C)[C@H](OC(=O)COc1cccc3cccnc13)C2. The molecule has 0 spiro atoms. The van der Waals surface area contributed by atoms with E-state index in [1.54, 1.807) is 6.20 Å². The lowest BCUT2D eigenvalue weighted by Gasteiger charge is -2.38. The van der Waals surface area contributed by atoms with Crippen molar-refractivity contribution in [3.05, 3.63) is 36.5 Å². The largest absolute Gasteiger partial charge is 0.480 e. The fourth-order valence-corrected chi connectivity index (χ4v) is 4.83. The Morgan fingerprint density at radius 1 is 1.24 bits per heavy atom. The zero-order chi connectivity index (χ0) is 17.7. The van der Waals surface area contributed by atoms with Crippen LogP contribution in [0.25, 0.3) is 10.9 Å². The van der Waals surface area contributed by atoms with E-state index in [1.165, 1.54) is 6.42 Å². The van der Waals surface area contributed by atoms with Crippen LogP contribution in [0.3, 0.4) is 0 Å². The quantitative estimate of drug-likeness (QED) is 0.776. The Morgan fingerprint density at radius 3 is 2.76 bits per heavy atom. The van der Waals surface area contributed by atoms with Gasteiger partial charge in [0.1, 0.15) is 17.4 Å². The van der Waals surface area contributed by atoms with Gasteiger partial charge in [-0.1, -0.05) is 39.0 Å². The molecule has 3 atom stereocenters. The van der Waals surface area contributed by atoms with Crippen molar-refractivity contribution >= 4 is 16.9 Å². The van der Waals surface area contributed by atoms with Crippen LogP contribution in [0.4, 0.5) is 0 Å². The van der Waals surface area contributed by atoms with Crippen molar-refractivity contribution in [2.24, 2.45) is 16.7 Å². The fraction of sp³-hybridized carbons (Fsp3) is 0.524. The fourth-order valence-electron chi connectivity index (χ4n) is 4.83. The van der Waals surface area contributed by atoms with Crippen LogP contribution in [0.2, 0.25) is 0 Å². The minimum absolute atomic E-state index is 0.00277. The summed E-state index contributed by atoms with van der Waals surface area (Å²) in [4.78, 5) is 16.7. The average molecular weight is 339 g/mol. The highest BCUT2D eigenvalue weighted by molar-refractivity contribution is 5.84. The van der Waals surface area contributed by atoms with Crippen molar-refractivity contribution in [3.8, 4) is 5.75 Å². The normalized spacial score (nSPS) is 29.7. The Kier molecular flexibility index (Phi) is 3.75. The number of ether oxygens (including phenoxy) is 2. The number of benzene rings is 1. The van der Waals surface area contributed by atoms with Crippen molar-refractivity contribution in [2.45, 2.75) is 46.1 Å². The molecule has 0 aliphatic heterocycles. The minimum Gasteiger partial charge on any atom is -0.480 e. The molecule has 1 heterocycles. The van der Waals surface area contributed by atoms with E-state index in [2.05, 4.69) is 25.8 Å². The molecular formula is C21H25NO3. The summed E-state index contributed by atoms with van der Waals surface area (Å²) in [6, 6.07) is 9.59. The van der Waals surface area contributed by atoms with E-state index in [0.717, 1.165) is 23.7 Å². The van der Waals surface area contributed by atoms with E-state index >= 15 is 0 Å². The first kappa shape index (κ1) is 16.4. The maximum Gasteiger partial charge on any atom is 0.344 e. The Bertz CT molecular complexity index is 810.